The maximum Gasteiger partial charge on any atom is 0.224 e. The molecule has 3 heterocycles. The molecule has 0 spiro atoms. The molecule has 1 unspecified atom stereocenters. The van der Waals surface area contributed by atoms with E-state index in [9.17, 15) is 4.79 Å². The molecule has 1 aromatic carbocycles. The number of amides is 1. The SMILES string of the molecule is CC/C=C/c1ccc(NC(=O)CCC2CCN(C)[C@@H](c3cc4ccccc4[nH]3)C2)cn1. The first-order chi connectivity index (χ1) is 15.1. The molecular weight excluding hydrogens is 384 g/mol. The Balaban J connectivity index is 1.31. The predicted octanol–water partition coefficient (Wildman–Crippen LogP) is 5.79. The second-order valence-corrected chi connectivity index (χ2v) is 8.57. The summed E-state index contributed by atoms with van der Waals surface area (Å²) in [5.41, 5.74) is 4.14. The number of anilines is 1. The molecule has 3 aromatic rings. The van der Waals surface area contributed by atoms with Crippen molar-refractivity contribution in [1.82, 2.24) is 14.9 Å². The number of carbonyl (C=O) groups is 1. The first-order valence-corrected chi connectivity index (χ1v) is 11.3. The van der Waals surface area contributed by atoms with Crippen molar-refractivity contribution in [3.8, 4) is 0 Å². The lowest BCUT2D eigenvalue weighted by Crippen LogP contribution is -2.34. The minimum atomic E-state index is 0.0692. The number of allylic oxidation sites excluding steroid dienone is 1. The molecule has 162 valence electrons. The highest BCUT2D eigenvalue weighted by atomic mass is 16.1. The summed E-state index contributed by atoms with van der Waals surface area (Å²) in [7, 11) is 2.20. The Labute approximate surface area is 184 Å². The molecular formula is C26H32N4O. The largest absolute Gasteiger partial charge is 0.357 e. The van der Waals surface area contributed by atoms with Gasteiger partial charge in [0.15, 0.2) is 0 Å². The molecule has 0 radical (unpaired) electrons. The number of para-hydroxylation sites is 1. The Kier molecular flexibility index (Phi) is 6.82. The minimum Gasteiger partial charge on any atom is -0.357 e. The average molecular weight is 417 g/mol. The zero-order valence-electron chi connectivity index (χ0n) is 18.5. The van der Waals surface area contributed by atoms with Gasteiger partial charge in [0.1, 0.15) is 0 Å². The highest BCUT2D eigenvalue weighted by molar-refractivity contribution is 5.90. The van der Waals surface area contributed by atoms with E-state index >= 15 is 0 Å². The van der Waals surface area contributed by atoms with Gasteiger partial charge in [-0.05, 0) is 80.9 Å². The monoisotopic (exact) mass is 416 g/mol. The molecule has 4 rings (SSSR count). The number of hydrogen-bond donors (Lipinski definition) is 2. The van der Waals surface area contributed by atoms with E-state index in [0.717, 1.165) is 43.6 Å². The number of hydrogen-bond acceptors (Lipinski definition) is 3. The van der Waals surface area contributed by atoms with Crippen molar-refractivity contribution in [3.63, 3.8) is 0 Å². The number of benzene rings is 1. The van der Waals surface area contributed by atoms with Crippen molar-refractivity contribution in [1.29, 1.82) is 0 Å². The van der Waals surface area contributed by atoms with Gasteiger partial charge in [-0.15, -0.1) is 0 Å². The highest BCUT2D eigenvalue weighted by Crippen LogP contribution is 2.36. The van der Waals surface area contributed by atoms with E-state index in [4.69, 9.17) is 0 Å². The Morgan fingerprint density at radius 2 is 2.16 bits per heavy atom. The highest BCUT2D eigenvalue weighted by Gasteiger charge is 2.28. The van der Waals surface area contributed by atoms with Crippen molar-refractivity contribution in [2.75, 3.05) is 18.9 Å². The number of H-pyrrole nitrogens is 1. The number of aromatic amines is 1. The van der Waals surface area contributed by atoms with Gasteiger partial charge in [0.2, 0.25) is 5.91 Å². The molecule has 1 fully saturated rings. The lowest BCUT2D eigenvalue weighted by Gasteiger charge is -2.36. The van der Waals surface area contributed by atoms with E-state index in [1.54, 1.807) is 6.20 Å². The number of aromatic nitrogens is 2. The van der Waals surface area contributed by atoms with Crippen molar-refractivity contribution < 1.29 is 4.79 Å². The van der Waals surface area contributed by atoms with Crippen LogP contribution in [0.25, 0.3) is 17.0 Å². The second-order valence-electron chi connectivity index (χ2n) is 8.57. The Morgan fingerprint density at radius 1 is 1.29 bits per heavy atom. The van der Waals surface area contributed by atoms with Crippen LogP contribution in [0.5, 0.6) is 0 Å². The van der Waals surface area contributed by atoms with Crippen LogP contribution < -0.4 is 5.32 Å². The first kappa shape index (κ1) is 21.3. The van der Waals surface area contributed by atoms with E-state index in [0.29, 0.717) is 18.4 Å². The van der Waals surface area contributed by atoms with Crippen molar-refractivity contribution in [2.45, 2.75) is 45.1 Å². The van der Waals surface area contributed by atoms with Crippen LogP contribution in [0.2, 0.25) is 0 Å². The summed E-state index contributed by atoms with van der Waals surface area (Å²) in [6.45, 7) is 3.15. The molecule has 2 aromatic heterocycles. The molecule has 1 saturated heterocycles. The second kappa shape index (κ2) is 9.92. The third-order valence-electron chi connectivity index (χ3n) is 6.26. The van der Waals surface area contributed by atoms with E-state index in [2.05, 4.69) is 70.6 Å². The number of nitrogens with zero attached hydrogens (tertiary/aromatic N) is 2. The molecule has 2 N–H and O–H groups in total. The summed E-state index contributed by atoms with van der Waals surface area (Å²) in [6, 6.07) is 14.9. The fourth-order valence-electron chi connectivity index (χ4n) is 4.43. The van der Waals surface area contributed by atoms with Gasteiger partial charge in [-0.3, -0.25) is 14.7 Å². The molecule has 1 aliphatic rings. The van der Waals surface area contributed by atoms with Crippen molar-refractivity contribution >= 4 is 28.6 Å². The molecule has 5 heteroatoms. The summed E-state index contributed by atoms with van der Waals surface area (Å²) in [5.74, 6) is 0.623. The van der Waals surface area contributed by atoms with Crippen LogP contribution in [0.1, 0.15) is 56.5 Å². The van der Waals surface area contributed by atoms with Gasteiger partial charge in [0.25, 0.3) is 0 Å². The number of carbonyl (C=O) groups excluding carboxylic acids is 1. The third-order valence-corrected chi connectivity index (χ3v) is 6.26. The molecule has 31 heavy (non-hydrogen) atoms. The van der Waals surface area contributed by atoms with Gasteiger partial charge in [0, 0.05) is 23.7 Å². The van der Waals surface area contributed by atoms with Gasteiger partial charge in [0.05, 0.1) is 17.6 Å². The summed E-state index contributed by atoms with van der Waals surface area (Å²) >= 11 is 0. The fraction of sp³-hybridized carbons (Fsp3) is 0.385. The number of rotatable bonds is 7. The van der Waals surface area contributed by atoms with Crippen LogP contribution in [-0.4, -0.2) is 34.4 Å². The van der Waals surface area contributed by atoms with E-state index in [1.807, 2.05) is 18.2 Å². The van der Waals surface area contributed by atoms with Gasteiger partial charge in [-0.1, -0.05) is 31.2 Å². The van der Waals surface area contributed by atoms with Crippen LogP contribution in [0.4, 0.5) is 5.69 Å². The van der Waals surface area contributed by atoms with Gasteiger partial charge in [-0.2, -0.15) is 0 Å². The van der Waals surface area contributed by atoms with E-state index < -0.39 is 0 Å². The van der Waals surface area contributed by atoms with Gasteiger partial charge < -0.3 is 10.3 Å². The Bertz CT molecular complexity index is 1000. The summed E-state index contributed by atoms with van der Waals surface area (Å²) in [4.78, 5) is 22.9. The van der Waals surface area contributed by atoms with Crippen LogP contribution in [0.3, 0.4) is 0 Å². The number of nitrogens with one attached hydrogen (secondary N) is 2. The number of piperidine rings is 1. The maximum atomic E-state index is 12.5. The van der Waals surface area contributed by atoms with Crippen molar-refractivity contribution in [2.24, 2.45) is 5.92 Å². The first-order valence-electron chi connectivity index (χ1n) is 11.3. The summed E-state index contributed by atoms with van der Waals surface area (Å²) in [5, 5.41) is 4.25. The topological polar surface area (TPSA) is 61.0 Å². The number of fused-ring (bicyclic) bond motifs is 1. The molecule has 0 aliphatic carbocycles. The van der Waals surface area contributed by atoms with E-state index in [-0.39, 0.29) is 5.91 Å². The maximum absolute atomic E-state index is 12.5. The quantitative estimate of drug-likeness (QED) is 0.513. The molecule has 2 atom stereocenters. The molecule has 5 nitrogen and oxygen atoms in total. The van der Waals surface area contributed by atoms with Crippen molar-refractivity contribution in [3.05, 3.63) is 66.1 Å². The zero-order chi connectivity index (χ0) is 21.6. The number of pyridine rings is 1. The Hall–Kier alpha value is -2.92. The molecule has 1 amide bonds. The predicted molar refractivity (Wildman–Crippen MR) is 128 cm³/mol. The third kappa shape index (κ3) is 5.42. The average Bonchev–Trinajstić information content (AvgIpc) is 3.22. The van der Waals surface area contributed by atoms with Crippen LogP contribution >= 0.6 is 0 Å². The standard InChI is InChI=1S/C26H32N4O/c1-3-4-8-21-11-12-22(18-27-21)28-26(31)13-10-19-14-15-30(2)25(16-19)24-17-20-7-5-6-9-23(20)29-24/h4-9,11-12,17-19,25,29H,3,10,13-16H2,1-2H3,(H,28,31)/b8-4+/t19?,25-/m1/s1. The minimum absolute atomic E-state index is 0.0692. The van der Waals surface area contributed by atoms with Crippen LogP contribution in [-0.2, 0) is 4.79 Å². The molecule has 0 saturated carbocycles. The molecule has 0 bridgehead atoms. The zero-order valence-corrected chi connectivity index (χ0v) is 18.5. The van der Waals surface area contributed by atoms with E-state index in [1.165, 1.54) is 16.6 Å². The lowest BCUT2D eigenvalue weighted by molar-refractivity contribution is -0.116. The normalized spacial score (nSPS) is 19.8. The van der Waals surface area contributed by atoms with Crippen LogP contribution in [0.15, 0.2) is 54.7 Å². The fourth-order valence-corrected chi connectivity index (χ4v) is 4.43. The van der Waals surface area contributed by atoms with Gasteiger partial charge in [-0.25, -0.2) is 0 Å². The van der Waals surface area contributed by atoms with Gasteiger partial charge >= 0.3 is 0 Å². The summed E-state index contributed by atoms with van der Waals surface area (Å²) < 4.78 is 0. The summed E-state index contributed by atoms with van der Waals surface area (Å²) in [6.07, 6.45) is 10.5. The van der Waals surface area contributed by atoms with Crippen LogP contribution in [0, 0.1) is 5.92 Å². The lowest BCUT2D eigenvalue weighted by atomic mass is 9.86. The number of likely N-dealkylation sites (tertiary alicyclic amines) is 1. The Morgan fingerprint density at radius 3 is 2.94 bits per heavy atom. The smallest absolute Gasteiger partial charge is 0.224 e. The molecule has 1 aliphatic heterocycles.